The average molecular weight is 233 g/mol. The normalized spacial score (nSPS) is 12.1. The van der Waals surface area contributed by atoms with Crippen LogP contribution in [0.4, 0.5) is 5.82 Å². The predicted octanol–water partition coefficient (Wildman–Crippen LogP) is 0.448. The molecular weight excluding hydrogens is 222 g/mol. The first kappa shape index (κ1) is 11.1. The third-order valence-electron chi connectivity index (χ3n) is 2.16. The number of nitrogens with zero attached hydrogens (tertiary/aromatic N) is 4. The lowest BCUT2D eigenvalue weighted by Crippen LogP contribution is -2.20. The molecule has 0 aliphatic carbocycles. The first-order valence-corrected chi connectivity index (χ1v) is 4.90. The quantitative estimate of drug-likeness (QED) is 0.796. The smallest absolute Gasteiger partial charge is 0.330 e. The molecule has 0 radical (unpaired) electrons. The fourth-order valence-electron chi connectivity index (χ4n) is 1.40. The van der Waals surface area contributed by atoms with E-state index in [0.29, 0.717) is 11.4 Å². The maximum Gasteiger partial charge on any atom is 0.330 e. The van der Waals surface area contributed by atoms with Crippen molar-refractivity contribution in [3.63, 3.8) is 0 Å². The monoisotopic (exact) mass is 233 g/mol. The highest BCUT2D eigenvalue weighted by Gasteiger charge is 2.21. The van der Waals surface area contributed by atoms with Crippen molar-refractivity contribution in [2.24, 2.45) is 7.05 Å². The number of hydrogen-bond donors (Lipinski definition) is 2. The predicted molar refractivity (Wildman–Crippen MR) is 59.2 cm³/mol. The van der Waals surface area contributed by atoms with Crippen LogP contribution in [0.25, 0.3) is 0 Å². The van der Waals surface area contributed by atoms with Gasteiger partial charge in [0, 0.05) is 31.2 Å². The molecule has 2 aromatic heterocycles. The van der Waals surface area contributed by atoms with Gasteiger partial charge in [0.1, 0.15) is 5.82 Å². The van der Waals surface area contributed by atoms with E-state index in [-0.39, 0.29) is 0 Å². The maximum absolute atomic E-state index is 11.2. The molecule has 2 aromatic rings. The molecule has 7 nitrogen and oxygen atoms in total. The van der Waals surface area contributed by atoms with Gasteiger partial charge in [0.2, 0.25) is 0 Å². The van der Waals surface area contributed by atoms with E-state index in [4.69, 9.17) is 5.11 Å². The van der Waals surface area contributed by atoms with Crippen LogP contribution in [-0.4, -0.2) is 30.8 Å². The number of anilines is 1. The molecule has 0 bridgehead atoms. The van der Waals surface area contributed by atoms with Crippen LogP contribution in [0.3, 0.4) is 0 Å². The van der Waals surface area contributed by atoms with Crippen molar-refractivity contribution in [2.75, 3.05) is 5.32 Å². The first-order chi connectivity index (χ1) is 8.16. The SMILES string of the molecule is Cn1cc(C(Nc2cnccn2)C(=O)O)cn1. The Kier molecular flexibility index (Phi) is 2.99. The van der Waals surface area contributed by atoms with Gasteiger partial charge < -0.3 is 10.4 Å². The van der Waals surface area contributed by atoms with Crippen molar-refractivity contribution in [1.29, 1.82) is 0 Å². The van der Waals surface area contributed by atoms with Gasteiger partial charge in [-0.05, 0) is 0 Å². The third-order valence-corrected chi connectivity index (χ3v) is 2.16. The van der Waals surface area contributed by atoms with E-state index in [1.165, 1.54) is 24.8 Å². The maximum atomic E-state index is 11.2. The molecule has 7 heteroatoms. The zero-order valence-corrected chi connectivity index (χ0v) is 9.11. The van der Waals surface area contributed by atoms with Crippen LogP contribution in [0.5, 0.6) is 0 Å². The molecule has 2 rings (SSSR count). The van der Waals surface area contributed by atoms with Crippen LogP contribution in [-0.2, 0) is 11.8 Å². The van der Waals surface area contributed by atoms with Crippen LogP contribution >= 0.6 is 0 Å². The summed E-state index contributed by atoms with van der Waals surface area (Å²) in [6, 6.07) is -0.889. The van der Waals surface area contributed by atoms with Gasteiger partial charge in [0.05, 0.1) is 12.4 Å². The Morgan fingerprint density at radius 2 is 2.29 bits per heavy atom. The Labute approximate surface area is 97.1 Å². The number of carboxylic acids is 1. The lowest BCUT2D eigenvalue weighted by molar-refractivity contribution is -0.138. The van der Waals surface area contributed by atoms with Gasteiger partial charge in [-0.25, -0.2) is 9.78 Å². The fraction of sp³-hybridized carbons (Fsp3) is 0.200. The standard InChI is InChI=1S/C10H11N5O2/c1-15-6-7(4-13-15)9(10(16)17)14-8-5-11-2-3-12-8/h2-6,9H,1H3,(H,12,14)(H,16,17). The topological polar surface area (TPSA) is 92.9 Å². The molecule has 0 aliphatic heterocycles. The summed E-state index contributed by atoms with van der Waals surface area (Å²) in [6.45, 7) is 0. The van der Waals surface area contributed by atoms with E-state index in [1.807, 2.05) is 0 Å². The summed E-state index contributed by atoms with van der Waals surface area (Å²) >= 11 is 0. The van der Waals surface area contributed by atoms with Crippen molar-refractivity contribution < 1.29 is 9.90 Å². The van der Waals surface area contributed by atoms with Crippen molar-refractivity contribution >= 4 is 11.8 Å². The molecule has 1 atom stereocenters. The largest absolute Gasteiger partial charge is 0.479 e. The molecule has 88 valence electrons. The number of nitrogens with one attached hydrogen (secondary N) is 1. The second-order valence-electron chi connectivity index (χ2n) is 3.45. The Balaban J connectivity index is 2.22. The van der Waals surface area contributed by atoms with E-state index in [1.54, 1.807) is 17.9 Å². The molecule has 0 fully saturated rings. The molecule has 0 aromatic carbocycles. The molecule has 17 heavy (non-hydrogen) atoms. The van der Waals surface area contributed by atoms with Gasteiger partial charge in [0.25, 0.3) is 0 Å². The van der Waals surface area contributed by atoms with E-state index < -0.39 is 12.0 Å². The molecule has 1 unspecified atom stereocenters. The van der Waals surface area contributed by atoms with Gasteiger partial charge in [-0.15, -0.1) is 0 Å². The highest BCUT2D eigenvalue weighted by atomic mass is 16.4. The van der Waals surface area contributed by atoms with Crippen LogP contribution in [0.1, 0.15) is 11.6 Å². The summed E-state index contributed by atoms with van der Waals surface area (Å²) in [6.07, 6.45) is 7.62. The summed E-state index contributed by atoms with van der Waals surface area (Å²) in [5.41, 5.74) is 0.561. The van der Waals surface area contributed by atoms with Crippen molar-refractivity contribution in [3.05, 3.63) is 36.5 Å². The van der Waals surface area contributed by atoms with Crippen molar-refractivity contribution in [2.45, 2.75) is 6.04 Å². The summed E-state index contributed by atoms with van der Waals surface area (Å²) in [4.78, 5) is 19.0. The third kappa shape index (κ3) is 2.57. The fourth-order valence-corrected chi connectivity index (χ4v) is 1.40. The number of hydrogen-bond acceptors (Lipinski definition) is 5. The van der Waals surface area contributed by atoms with Gasteiger partial charge >= 0.3 is 5.97 Å². The molecule has 0 amide bonds. The number of aromatic nitrogens is 4. The van der Waals surface area contributed by atoms with Crippen molar-refractivity contribution in [1.82, 2.24) is 19.7 Å². The number of aliphatic carboxylic acids is 1. The number of carboxylic acid groups (broad SMARTS) is 1. The van der Waals surface area contributed by atoms with Crippen LogP contribution in [0, 0.1) is 0 Å². The summed E-state index contributed by atoms with van der Waals surface area (Å²) in [7, 11) is 1.73. The van der Waals surface area contributed by atoms with E-state index in [9.17, 15) is 4.79 Å². The van der Waals surface area contributed by atoms with E-state index in [2.05, 4.69) is 20.4 Å². The Bertz CT molecular complexity index is 510. The molecule has 2 heterocycles. The minimum atomic E-state index is -0.997. The zero-order valence-electron chi connectivity index (χ0n) is 9.11. The molecule has 2 N–H and O–H groups in total. The number of carbonyl (C=O) groups is 1. The Morgan fingerprint density at radius 1 is 1.47 bits per heavy atom. The van der Waals surface area contributed by atoms with Gasteiger partial charge in [-0.2, -0.15) is 5.10 Å². The zero-order chi connectivity index (χ0) is 12.3. The van der Waals surface area contributed by atoms with Gasteiger partial charge in [0.15, 0.2) is 6.04 Å². The lowest BCUT2D eigenvalue weighted by Gasteiger charge is -2.12. The second kappa shape index (κ2) is 4.60. The lowest BCUT2D eigenvalue weighted by atomic mass is 10.1. The van der Waals surface area contributed by atoms with E-state index in [0.717, 1.165) is 0 Å². The van der Waals surface area contributed by atoms with Crippen LogP contribution in [0.15, 0.2) is 31.0 Å². The highest BCUT2D eigenvalue weighted by Crippen LogP contribution is 2.17. The van der Waals surface area contributed by atoms with E-state index >= 15 is 0 Å². The Morgan fingerprint density at radius 3 is 2.82 bits per heavy atom. The summed E-state index contributed by atoms with van der Waals surface area (Å²) < 4.78 is 1.55. The Hall–Kier alpha value is -2.44. The minimum absolute atomic E-state index is 0.406. The number of aryl methyl sites for hydroxylation is 1. The molecule has 0 saturated carbocycles. The van der Waals surface area contributed by atoms with Gasteiger partial charge in [-0.3, -0.25) is 9.67 Å². The first-order valence-electron chi connectivity index (χ1n) is 4.90. The number of rotatable bonds is 4. The molecule has 0 aliphatic rings. The second-order valence-corrected chi connectivity index (χ2v) is 3.45. The minimum Gasteiger partial charge on any atom is -0.479 e. The molecular formula is C10H11N5O2. The average Bonchev–Trinajstić information content (AvgIpc) is 2.73. The highest BCUT2D eigenvalue weighted by molar-refractivity contribution is 5.78. The summed E-state index contributed by atoms with van der Waals surface area (Å²) in [5, 5.41) is 15.9. The van der Waals surface area contributed by atoms with Crippen molar-refractivity contribution in [3.8, 4) is 0 Å². The van der Waals surface area contributed by atoms with Crippen LogP contribution < -0.4 is 5.32 Å². The van der Waals surface area contributed by atoms with Crippen LogP contribution in [0.2, 0.25) is 0 Å². The van der Waals surface area contributed by atoms with Gasteiger partial charge in [-0.1, -0.05) is 0 Å². The molecule has 0 saturated heterocycles. The summed E-state index contributed by atoms with van der Waals surface area (Å²) in [5.74, 6) is -0.590. The molecule has 0 spiro atoms.